The van der Waals surface area contributed by atoms with Crippen LogP contribution >= 0.6 is 0 Å². The molecule has 0 bridgehead atoms. The van der Waals surface area contributed by atoms with Crippen molar-refractivity contribution in [2.24, 2.45) is 5.92 Å². The van der Waals surface area contributed by atoms with Crippen molar-refractivity contribution >= 4 is 12.0 Å². The van der Waals surface area contributed by atoms with Crippen molar-refractivity contribution in [2.45, 2.75) is 38.6 Å². The third-order valence-corrected chi connectivity index (χ3v) is 3.05. The molecule has 2 amide bonds. The number of aliphatic carboxylic acids is 1. The summed E-state index contributed by atoms with van der Waals surface area (Å²) in [6.07, 6.45) is 2.99. The molecular weight excluding hydrogens is 236 g/mol. The van der Waals surface area contributed by atoms with E-state index >= 15 is 0 Å². The lowest BCUT2D eigenvalue weighted by Crippen LogP contribution is -2.46. The molecule has 18 heavy (non-hydrogen) atoms. The highest BCUT2D eigenvalue weighted by Crippen LogP contribution is 2.07. The second-order valence-corrected chi connectivity index (χ2v) is 4.56. The topological polar surface area (TPSA) is 87.7 Å². The van der Waals surface area contributed by atoms with E-state index in [0.29, 0.717) is 19.6 Å². The molecule has 1 atom stereocenters. The van der Waals surface area contributed by atoms with E-state index in [4.69, 9.17) is 9.84 Å². The zero-order valence-electron chi connectivity index (χ0n) is 10.8. The molecule has 0 saturated carbocycles. The van der Waals surface area contributed by atoms with Gasteiger partial charge in [0.2, 0.25) is 0 Å². The zero-order valence-corrected chi connectivity index (χ0v) is 10.8. The van der Waals surface area contributed by atoms with Crippen molar-refractivity contribution in [3.63, 3.8) is 0 Å². The Morgan fingerprint density at radius 3 is 2.61 bits per heavy atom. The van der Waals surface area contributed by atoms with Crippen molar-refractivity contribution in [2.75, 3.05) is 19.8 Å². The molecule has 1 heterocycles. The van der Waals surface area contributed by atoms with Gasteiger partial charge < -0.3 is 20.5 Å². The second-order valence-electron chi connectivity index (χ2n) is 4.56. The van der Waals surface area contributed by atoms with Crippen LogP contribution in [0.4, 0.5) is 4.79 Å². The van der Waals surface area contributed by atoms with Gasteiger partial charge in [0.25, 0.3) is 0 Å². The largest absolute Gasteiger partial charge is 0.481 e. The quantitative estimate of drug-likeness (QED) is 0.662. The van der Waals surface area contributed by atoms with Gasteiger partial charge in [0.1, 0.15) is 0 Å². The Hall–Kier alpha value is -1.30. The maximum Gasteiger partial charge on any atom is 0.315 e. The number of carboxylic acid groups (broad SMARTS) is 1. The van der Waals surface area contributed by atoms with Crippen LogP contribution in [0, 0.1) is 5.92 Å². The molecule has 1 aliphatic rings. The van der Waals surface area contributed by atoms with E-state index in [2.05, 4.69) is 10.6 Å². The fourth-order valence-electron chi connectivity index (χ4n) is 1.96. The number of urea groups is 1. The number of carbonyl (C=O) groups excluding carboxylic acids is 1. The number of rotatable bonds is 6. The lowest BCUT2D eigenvalue weighted by molar-refractivity contribution is -0.141. The predicted molar refractivity (Wildman–Crippen MR) is 66.4 cm³/mol. The number of hydrogen-bond acceptors (Lipinski definition) is 3. The maximum absolute atomic E-state index is 11.6. The molecule has 1 saturated heterocycles. The summed E-state index contributed by atoms with van der Waals surface area (Å²) >= 11 is 0. The van der Waals surface area contributed by atoms with Gasteiger partial charge in [0, 0.05) is 25.8 Å². The number of ether oxygens (including phenoxy) is 1. The molecule has 0 aliphatic carbocycles. The van der Waals surface area contributed by atoms with Gasteiger partial charge >= 0.3 is 12.0 Å². The van der Waals surface area contributed by atoms with E-state index in [1.165, 1.54) is 0 Å². The standard InChI is InChI=1S/C12H22N2O4/c1-2-3-9(11(15)16)8-13-12(17)14-10-4-6-18-7-5-10/h9-10H,2-8H2,1H3,(H,15,16)(H2,13,14,17). The first-order chi connectivity index (χ1) is 8.63. The van der Waals surface area contributed by atoms with Crippen LogP contribution in [0.3, 0.4) is 0 Å². The number of nitrogens with one attached hydrogen (secondary N) is 2. The van der Waals surface area contributed by atoms with Crippen LogP contribution in [0.5, 0.6) is 0 Å². The molecule has 0 aromatic rings. The molecule has 1 unspecified atom stereocenters. The molecule has 1 rings (SSSR count). The van der Waals surface area contributed by atoms with E-state index in [-0.39, 0.29) is 18.6 Å². The Morgan fingerprint density at radius 2 is 2.06 bits per heavy atom. The fourth-order valence-corrected chi connectivity index (χ4v) is 1.96. The van der Waals surface area contributed by atoms with Crippen LogP contribution in [-0.4, -0.2) is 42.9 Å². The molecule has 104 valence electrons. The van der Waals surface area contributed by atoms with Crippen LogP contribution in [0.1, 0.15) is 32.6 Å². The van der Waals surface area contributed by atoms with E-state index < -0.39 is 11.9 Å². The van der Waals surface area contributed by atoms with Crippen LogP contribution in [0.25, 0.3) is 0 Å². The zero-order chi connectivity index (χ0) is 13.4. The average molecular weight is 258 g/mol. The van der Waals surface area contributed by atoms with E-state index in [9.17, 15) is 9.59 Å². The van der Waals surface area contributed by atoms with Crippen molar-refractivity contribution in [1.82, 2.24) is 10.6 Å². The van der Waals surface area contributed by atoms with Crippen molar-refractivity contribution in [3.8, 4) is 0 Å². The SMILES string of the molecule is CCCC(CNC(=O)NC1CCOCC1)C(=O)O. The van der Waals surface area contributed by atoms with Gasteiger partial charge in [0.15, 0.2) is 0 Å². The van der Waals surface area contributed by atoms with Crippen molar-refractivity contribution in [3.05, 3.63) is 0 Å². The molecule has 0 spiro atoms. The maximum atomic E-state index is 11.6. The van der Waals surface area contributed by atoms with Crippen LogP contribution in [0.15, 0.2) is 0 Å². The summed E-state index contributed by atoms with van der Waals surface area (Å²) < 4.78 is 5.19. The van der Waals surface area contributed by atoms with Gasteiger partial charge in [-0.25, -0.2) is 4.79 Å². The molecule has 1 fully saturated rings. The number of amides is 2. The molecule has 6 heteroatoms. The first kappa shape index (κ1) is 14.8. The summed E-state index contributed by atoms with van der Waals surface area (Å²) in [5, 5.41) is 14.4. The monoisotopic (exact) mass is 258 g/mol. The van der Waals surface area contributed by atoms with Crippen molar-refractivity contribution < 1.29 is 19.4 Å². The summed E-state index contributed by atoms with van der Waals surface area (Å²) in [4.78, 5) is 22.5. The average Bonchev–Trinajstić information content (AvgIpc) is 2.35. The number of carbonyl (C=O) groups is 2. The van der Waals surface area contributed by atoms with Gasteiger partial charge in [-0.2, -0.15) is 0 Å². The minimum Gasteiger partial charge on any atom is -0.481 e. The molecular formula is C12H22N2O4. The lowest BCUT2D eigenvalue weighted by atomic mass is 10.0. The molecule has 0 radical (unpaired) electrons. The Kier molecular flexibility index (Phi) is 6.49. The highest BCUT2D eigenvalue weighted by Gasteiger charge is 2.19. The Morgan fingerprint density at radius 1 is 1.39 bits per heavy atom. The summed E-state index contributed by atoms with van der Waals surface area (Å²) in [5.41, 5.74) is 0. The fraction of sp³-hybridized carbons (Fsp3) is 0.833. The Labute approximate surface area is 107 Å². The normalized spacial score (nSPS) is 18.1. The van der Waals surface area contributed by atoms with Gasteiger partial charge in [-0.05, 0) is 19.3 Å². The van der Waals surface area contributed by atoms with E-state index in [1.54, 1.807) is 0 Å². The van der Waals surface area contributed by atoms with Gasteiger partial charge in [-0.1, -0.05) is 13.3 Å². The van der Waals surface area contributed by atoms with Crippen LogP contribution < -0.4 is 10.6 Å². The van der Waals surface area contributed by atoms with Crippen LogP contribution in [-0.2, 0) is 9.53 Å². The highest BCUT2D eigenvalue weighted by molar-refractivity contribution is 5.76. The lowest BCUT2D eigenvalue weighted by Gasteiger charge is -2.23. The van der Waals surface area contributed by atoms with Gasteiger partial charge in [-0.15, -0.1) is 0 Å². The summed E-state index contributed by atoms with van der Waals surface area (Å²) in [7, 11) is 0. The van der Waals surface area contributed by atoms with E-state index in [1.807, 2.05) is 6.92 Å². The number of carboxylic acids is 1. The smallest absolute Gasteiger partial charge is 0.315 e. The third-order valence-electron chi connectivity index (χ3n) is 3.05. The summed E-state index contributed by atoms with van der Waals surface area (Å²) in [6.45, 7) is 3.44. The molecule has 6 nitrogen and oxygen atoms in total. The number of hydrogen-bond donors (Lipinski definition) is 3. The van der Waals surface area contributed by atoms with E-state index in [0.717, 1.165) is 19.3 Å². The molecule has 1 aliphatic heterocycles. The molecule has 3 N–H and O–H groups in total. The highest BCUT2D eigenvalue weighted by atomic mass is 16.5. The van der Waals surface area contributed by atoms with Gasteiger partial charge in [-0.3, -0.25) is 4.79 Å². The van der Waals surface area contributed by atoms with Crippen LogP contribution in [0.2, 0.25) is 0 Å². The first-order valence-electron chi connectivity index (χ1n) is 6.48. The van der Waals surface area contributed by atoms with Gasteiger partial charge in [0.05, 0.1) is 5.92 Å². The molecule has 0 aromatic carbocycles. The third kappa shape index (κ3) is 5.35. The minimum absolute atomic E-state index is 0.133. The summed E-state index contributed by atoms with van der Waals surface area (Å²) in [6, 6.07) is -0.155. The Balaban J connectivity index is 2.24. The predicted octanol–water partition coefficient (Wildman–Crippen LogP) is 0.965. The Bertz CT molecular complexity index is 277. The van der Waals surface area contributed by atoms with Crippen molar-refractivity contribution in [1.29, 1.82) is 0 Å². The minimum atomic E-state index is -0.858. The second kappa shape index (κ2) is 7.92. The first-order valence-corrected chi connectivity index (χ1v) is 6.48. The summed E-state index contributed by atoms with van der Waals surface area (Å²) in [5.74, 6) is -1.36. The molecule has 0 aromatic heterocycles.